The Labute approximate surface area is 428 Å². The Morgan fingerprint density at radius 2 is 0.871 bits per heavy atom. The van der Waals surface area contributed by atoms with Crippen molar-refractivity contribution >= 4 is 5.78 Å². The van der Waals surface area contributed by atoms with E-state index in [4.69, 9.17) is 0 Å². The molecule has 10 aliphatic rings. The molecule has 8 saturated carbocycles. The number of ketones is 1. The fourth-order valence-corrected chi connectivity index (χ4v) is 19.9. The van der Waals surface area contributed by atoms with E-state index in [1.165, 1.54) is 68.1 Å². The molecule has 0 aromatic rings. The molecule has 0 spiro atoms. The minimum Gasteiger partial charge on any atom is -0.390 e. The first-order chi connectivity index (χ1) is 32.4. The number of allylic oxidation sites excluding steroid dienone is 3. The summed E-state index contributed by atoms with van der Waals surface area (Å²) < 4.78 is 0. The van der Waals surface area contributed by atoms with Gasteiger partial charge in [-0.1, -0.05) is 98.6 Å². The minimum absolute atomic E-state index is 0.0872. The van der Waals surface area contributed by atoms with Crippen LogP contribution in [0.5, 0.6) is 0 Å². The van der Waals surface area contributed by atoms with Crippen molar-refractivity contribution in [1.29, 1.82) is 0 Å². The van der Waals surface area contributed by atoms with Crippen LogP contribution in [0, 0.1) is 91.7 Å². The normalized spacial score (nSPS) is 47.3. The molecule has 70 heavy (non-hydrogen) atoms. The first-order valence-electron chi connectivity index (χ1n) is 29.9. The van der Waals surface area contributed by atoms with Crippen LogP contribution in [-0.2, 0) is 4.79 Å². The maximum absolute atomic E-state index is 13.6. The van der Waals surface area contributed by atoms with Crippen LogP contribution >= 0.6 is 0 Å². The van der Waals surface area contributed by atoms with Gasteiger partial charge in [-0.25, -0.2) is 0 Å². The lowest BCUT2D eigenvalue weighted by Gasteiger charge is -2.59. The summed E-state index contributed by atoms with van der Waals surface area (Å²) in [4.78, 5) is 13.6. The van der Waals surface area contributed by atoms with Gasteiger partial charge in [0, 0.05) is 5.92 Å². The van der Waals surface area contributed by atoms with E-state index in [1.807, 2.05) is 19.9 Å². The number of fused-ring (bicyclic) bond motifs is 10. The van der Waals surface area contributed by atoms with Gasteiger partial charge in [0.05, 0.1) is 22.4 Å². The summed E-state index contributed by atoms with van der Waals surface area (Å²) in [6, 6.07) is 0. The van der Waals surface area contributed by atoms with Crippen LogP contribution in [0.4, 0.5) is 0 Å². The van der Waals surface area contributed by atoms with Crippen molar-refractivity contribution in [3.05, 3.63) is 35.5 Å². The van der Waals surface area contributed by atoms with Gasteiger partial charge < -0.3 is 20.4 Å². The van der Waals surface area contributed by atoms with Crippen molar-refractivity contribution in [2.24, 2.45) is 91.7 Å². The predicted octanol–water partition coefficient (Wildman–Crippen LogP) is 15.5. The van der Waals surface area contributed by atoms with Crippen molar-refractivity contribution in [1.82, 2.24) is 0 Å². The van der Waals surface area contributed by atoms with Crippen molar-refractivity contribution in [2.45, 2.75) is 272 Å². The molecule has 16 atom stereocenters. The van der Waals surface area contributed by atoms with Crippen LogP contribution in [0.25, 0.3) is 0 Å². The molecule has 0 aliphatic heterocycles. The van der Waals surface area contributed by atoms with Gasteiger partial charge in [-0.05, 0) is 273 Å². The monoisotopic (exact) mass is 967 g/mol. The molecule has 0 radical (unpaired) electrons. The Morgan fingerprint density at radius 3 is 1.30 bits per heavy atom. The Balaban J connectivity index is 0.000000174. The molecule has 10 rings (SSSR count). The molecular weight excluding hydrogens is 861 g/mol. The van der Waals surface area contributed by atoms with Gasteiger partial charge in [0.25, 0.3) is 0 Å². The summed E-state index contributed by atoms with van der Waals surface area (Å²) in [6.45, 7) is 33.0. The highest BCUT2D eigenvalue weighted by atomic mass is 16.3. The van der Waals surface area contributed by atoms with E-state index in [0.29, 0.717) is 69.9 Å². The number of aliphatic hydroxyl groups is 4. The van der Waals surface area contributed by atoms with Gasteiger partial charge in [0.15, 0.2) is 5.78 Å². The van der Waals surface area contributed by atoms with Crippen LogP contribution in [0.15, 0.2) is 35.5 Å². The fourth-order valence-electron chi connectivity index (χ4n) is 19.9. The average molecular weight is 968 g/mol. The molecule has 8 fully saturated rings. The van der Waals surface area contributed by atoms with Gasteiger partial charge >= 0.3 is 0 Å². The lowest BCUT2D eigenvalue weighted by Crippen LogP contribution is -2.54. The van der Waals surface area contributed by atoms with Crippen LogP contribution in [0.3, 0.4) is 0 Å². The molecular formula is C65H106O5. The number of hydrogen-bond acceptors (Lipinski definition) is 5. The van der Waals surface area contributed by atoms with E-state index in [1.54, 1.807) is 0 Å². The second-order valence-corrected chi connectivity index (χ2v) is 31.2. The van der Waals surface area contributed by atoms with E-state index < -0.39 is 22.4 Å². The lowest BCUT2D eigenvalue weighted by atomic mass is 9.45. The van der Waals surface area contributed by atoms with E-state index in [9.17, 15) is 25.2 Å². The summed E-state index contributed by atoms with van der Waals surface area (Å²) in [5.74, 6) is 6.27. The van der Waals surface area contributed by atoms with E-state index in [0.717, 1.165) is 121 Å². The zero-order chi connectivity index (χ0) is 50.9. The molecule has 0 unspecified atom stereocenters. The van der Waals surface area contributed by atoms with Crippen molar-refractivity contribution in [3.8, 4) is 0 Å². The highest BCUT2D eigenvalue weighted by molar-refractivity contribution is 5.94. The van der Waals surface area contributed by atoms with Gasteiger partial charge in [0.2, 0.25) is 0 Å². The minimum atomic E-state index is -0.659. The van der Waals surface area contributed by atoms with Gasteiger partial charge in [-0.15, -0.1) is 0 Å². The zero-order valence-electron chi connectivity index (χ0n) is 47.2. The molecule has 396 valence electrons. The molecule has 4 N–H and O–H groups in total. The Kier molecular flexibility index (Phi) is 13.9. The van der Waals surface area contributed by atoms with E-state index in [2.05, 4.69) is 81.9 Å². The molecule has 0 amide bonds. The van der Waals surface area contributed by atoms with E-state index in [-0.39, 0.29) is 22.2 Å². The Hall–Kier alpha value is -1.27. The summed E-state index contributed by atoms with van der Waals surface area (Å²) in [7, 11) is 0. The molecule has 0 heterocycles. The van der Waals surface area contributed by atoms with Gasteiger partial charge in [-0.3, -0.25) is 4.79 Å². The van der Waals surface area contributed by atoms with Crippen LogP contribution in [-0.4, -0.2) is 48.6 Å². The maximum Gasteiger partial charge on any atom is 0.159 e. The molecule has 0 aromatic carbocycles. The third-order valence-corrected chi connectivity index (χ3v) is 25.3. The third kappa shape index (κ3) is 9.66. The summed E-state index contributed by atoms with van der Waals surface area (Å²) in [5.41, 5.74) is 3.76. The number of hydrogen-bond donors (Lipinski definition) is 4. The first-order valence-corrected chi connectivity index (χ1v) is 29.9. The van der Waals surface area contributed by atoms with Crippen LogP contribution in [0.1, 0.15) is 250 Å². The van der Waals surface area contributed by atoms with Gasteiger partial charge in [-0.2, -0.15) is 0 Å². The molecule has 0 aromatic heterocycles. The Bertz CT molecular complexity index is 1890. The number of rotatable bonds is 8. The lowest BCUT2D eigenvalue weighted by molar-refractivity contribution is -0.136. The average Bonchev–Trinajstić information content (AvgIpc) is 3.83. The summed E-state index contributed by atoms with van der Waals surface area (Å²) in [5, 5.41) is 44.1. The second kappa shape index (κ2) is 18.2. The first kappa shape index (κ1) is 53.6. The summed E-state index contributed by atoms with van der Waals surface area (Å²) >= 11 is 0. The highest BCUT2D eigenvalue weighted by Crippen LogP contribution is 2.70. The zero-order valence-corrected chi connectivity index (χ0v) is 47.2. The SMILES string of the molecule is C=C1C=C2C[C@@](C)(O)CC[C@]2(C)[C@H]2CC[C@]3(C)[C@@H]([C@H](C)CCC4(O)CCC(C)(C)CC4)CC[C@H]3[C@H]12.C[C@H](CCC1(O)CCC(C)(C)CC1)[C@H]1CC[C@H]2[C@@H]3C(=O)C=C4C[C@@](C)(O)CC[C@]4(C)[C@H]3CC[C@]12C. The second-order valence-electron chi connectivity index (χ2n) is 31.2. The molecule has 0 saturated heterocycles. The van der Waals surface area contributed by atoms with Gasteiger partial charge in [0.1, 0.15) is 0 Å². The third-order valence-electron chi connectivity index (χ3n) is 25.3. The number of carbonyl (C=O) groups excluding carboxylic acids is 1. The van der Waals surface area contributed by atoms with Crippen LogP contribution < -0.4 is 0 Å². The van der Waals surface area contributed by atoms with Crippen molar-refractivity contribution < 1.29 is 25.2 Å². The van der Waals surface area contributed by atoms with E-state index >= 15 is 0 Å². The smallest absolute Gasteiger partial charge is 0.159 e. The molecule has 10 aliphatic carbocycles. The highest BCUT2D eigenvalue weighted by Gasteiger charge is 2.63. The quantitative estimate of drug-likeness (QED) is 0.194. The molecule has 5 heteroatoms. The largest absolute Gasteiger partial charge is 0.390 e. The molecule has 0 bridgehead atoms. The maximum atomic E-state index is 13.6. The van der Waals surface area contributed by atoms with Crippen molar-refractivity contribution in [3.63, 3.8) is 0 Å². The fraction of sp³-hybridized carbons (Fsp3) is 0.892. The number of carbonyl (C=O) groups is 1. The Morgan fingerprint density at radius 1 is 0.486 bits per heavy atom. The summed E-state index contributed by atoms with van der Waals surface area (Å²) in [6.07, 6.45) is 32.7. The standard InChI is InChI=1S/C33H54O2.C32H52O3/c1-22(10-13-33(35)18-14-29(3,4)15-19-33)25-8-9-26-28-23(2)20-24-21-30(5,34)16-17-31(24,6)27(28)11-12-32(25,26)7;1-21(9-12-32(35)17-13-28(2,3)14-18-32)23-7-8-24-27-25(10-11-31(23,24)6)30(5)16-15-29(4,34)20-22(30)19-26(27)33/h20,22,25-28,34-35H,2,8-19,21H2,1,3-7H3;19,21,23-25,27,34-35H,7-18,20H2,1-6H3/t22-,25-,26+,27+,28+,30+,31+,32-;21-,23-,24+,25+,27+,29+,30+,31-/m11/s1. The molecule has 5 nitrogen and oxygen atoms in total. The van der Waals surface area contributed by atoms with Crippen LogP contribution in [0.2, 0.25) is 0 Å². The van der Waals surface area contributed by atoms with Crippen molar-refractivity contribution in [2.75, 3.05) is 0 Å². The predicted molar refractivity (Wildman–Crippen MR) is 288 cm³/mol. The topological polar surface area (TPSA) is 98.0 Å².